The Morgan fingerprint density at radius 1 is 1.27 bits per heavy atom. The van der Waals surface area contributed by atoms with Gasteiger partial charge in [0.15, 0.2) is 0 Å². The molecule has 0 amide bonds. The Bertz CT molecular complexity index is 883. The van der Waals surface area contributed by atoms with Gasteiger partial charge in [-0.25, -0.2) is 4.39 Å². The fourth-order valence-corrected chi connectivity index (χ4v) is 6.00. The summed E-state index contributed by atoms with van der Waals surface area (Å²) in [5.41, 5.74) is 2.75. The first-order valence-corrected chi connectivity index (χ1v) is 11.9. The molecule has 2 N–H and O–H groups in total. The fraction of sp³-hybridized carbons (Fsp3) is 0.522. The van der Waals surface area contributed by atoms with E-state index in [-0.39, 0.29) is 22.8 Å². The predicted octanol–water partition coefficient (Wildman–Crippen LogP) is 5.70. The van der Waals surface area contributed by atoms with E-state index in [2.05, 4.69) is 27.7 Å². The van der Waals surface area contributed by atoms with Crippen LogP contribution in [-0.4, -0.2) is 35.6 Å². The number of aliphatic hydroxyl groups excluding tert-OH is 1. The number of carbonyl (C=O) groups is 1. The number of aliphatic hydroxyl groups is 1. The summed E-state index contributed by atoms with van der Waals surface area (Å²) in [5, 5.41) is 18.8. The molecule has 1 aromatic rings. The van der Waals surface area contributed by atoms with Crippen molar-refractivity contribution in [3.63, 3.8) is 0 Å². The molecule has 1 unspecified atom stereocenters. The molecule has 7 heteroatoms. The number of hydrogen-bond donors (Lipinski definition) is 2. The second-order valence-electron chi connectivity index (χ2n) is 9.46. The highest BCUT2D eigenvalue weighted by molar-refractivity contribution is 7.62. The molecule has 0 saturated heterocycles. The van der Waals surface area contributed by atoms with Crippen molar-refractivity contribution in [2.75, 3.05) is 13.3 Å². The largest absolute Gasteiger partial charge is 0.481 e. The standard InChI is InChI=1S/C23H32FO5P/c1-22(2)13-19(16-6-8-17(24)9-7-16)20(23(3,4)15-22)10-11-30(28,29-5)14-18(25)12-21(26)27/h6-11,18,25H,12-15H2,1-5H3,(H,26,27)/t18-,30?/m0/s1. The molecule has 2 atom stereocenters. The minimum Gasteiger partial charge on any atom is -0.481 e. The van der Waals surface area contributed by atoms with E-state index in [4.69, 9.17) is 9.63 Å². The summed E-state index contributed by atoms with van der Waals surface area (Å²) in [6.07, 6.45) is 1.44. The molecule has 166 valence electrons. The maximum atomic E-state index is 13.5. The second-order valence-corrected chi connectivity index (χ2v) is 11.9. The molecule has 1 aliphatic rings. The highest BCUT2D eigenvalue weighted by Crippen LogP contribution is 2.54. The third kappa shape index (κ3) is 6.37. The van der Waals surface area contributed by atoms with Gasteiger partial charge in [-0.2, -0.15) is 0 Å². The third-order valence-electron chi connectivity index (χ3n) is 5.48. The van der Waals surface area contributed by atoms with Gasteiger partial charge in [0.2, 0.25) is 7.37 Å². The van der Waals surface area contributed by atoms with Crippen molar-refractivity contribution >= 4 is 18.9 Å². The molecule has 0 aliphatic heterocycles. The molecule has 1 aliphatic carbocycles. The Kier molecular flexibility index (Phi) is 7.49. The fourth-order valence-electron chi connectivity index (χ4n) is 4.52. The monoisotopic (exact) mass is 438 g/mol. The number of allylic oxidation sites excluding steroid dienone is 3. The van der Waals surface area contributed by atoms with Gasteiger partial charge in [-0.15, -0.1) is 0 Å². The first kappa shape index (κ1) is 24.5. The predicted molar refractivity (Wildman–Crippen MR) is 117 cm³/mol. The topological polar surface area (TPSA) is 83.8 Å². The third-order valence-corrected chi connectivity index (χ3v) is 7.63. The summed E-state index contributed by atoms with van der Waals surface area (Å²) < 4.78 is 31.8. The van der Waals surface area contributed by atoms with E-state index in [0.29, 0.717) is 0 Å². The highest BCUT2D eigenvalue weighted by atomic mass is 31.2. The SMILES string of the molecule is COP(=O)(C=CC1=C(c2ccc(F)cc2)CC(C)(C)CC1(C)C)C[C@@H](O)CC(=O)O. The van der Waals surface area contributed by atoms with Gasteiger partial charge < -0.3 is 14.7 Å². The van der Waals surface area contributed by atoms with E-state index in [1.807, 2.05) is 0 Å². The maximum absolute atomic E-state index is 13.5. The van der Waals surface area contributed by atoms with E-state index in [1.165, 1.54) is 25.1 Å². The summed E-state index contributed by atoms with van der Waals surface area (Å²) in [6, 6.07) is 6.37. The number of halogens is 1. The minimum atomic E-state index is -3.38. The Balaban J connectivity index is 2.49. The molecule has 2 rings (SSSR count). The van der Waals surface area contributed by atoms with Crippen LogP contribution in [0.5, 0.6) is 0 Å². The lowest BCUT2D eigenvalue weighted by Gasteiger charge is -2.43. The van der Waals surface area contributed by atoms with Crippen molar-refractivity contribution in [2.45, 2.75) is 53.1 Å². The van der Waals surface area contributed by atoms with Crippen LogP contribution in [0.25, 0.3) is 5.57 Å². The smallest absolute Gasteiger partial charge is 0.305 e. The van der Waals surface area contributed by atoms with Gasteiger partial charge in [-0.1, -0.05) is 45.9 Å². The van der Waals surface area contributed by atoms with Crippen LogP contribution in [0.15, 0.2) is 41.7 Å². The Hall–Kier alpha value is -1.75. The maximum Gasteiger partial charge on any atom is 0.305 e. The number of aliphatic carboxylic acids is 1. The lowest BCUT2D eigenvalue weighted by atomic mass is 9.61. The molecule has 0 aromatic heterocycles. The van der Waals surface area contributed by atoms with E-state index < -0.39 is 25.9 Å². The van der Waals surface area contributed by atoms with Crippen molar-refractivity contribution in [2.24, 2.45) is 10.8 Å². The van der Waals surface area contributed by atoms with Crippen LogP contribution in [0.3, 0.4) is 0 Å². The van der Waals surface area contributed by atoms with E-state index in [1.54, 1.807) is 18.2 Å². The Morgan fingerprint density at radius 3 is 2.40 bits per heavy atom. The molecule has 0 bridgehead atoms. The first-order valence-electron chi connectivity index (χ1n) is 10.0. The summed E-state index contributed by atoms with van der Waals surface area (Å²) >= 11 is 0. The van der Waals surface area contributed by atoms with Crippen molar-refractivity contribution < 1.29 is 28.5 Å². The van der Waals surface area contributed by atoms with Crippen molar-refractivity contribution in [3.05, 3.63) is 53.1 Å². The summed E-state index contributed by atoms with van der Waals surface area (Å²) in [6.45, 7) is 8.63. The zero-order valence-electron chi connectivity index (χ0n) is 18.3. The molecule has 0 heterocycles. The number of carboxylic acids is 1. The number of rotatable bonds is 8. The summed E-state index contributed by atoms with van der Waals surface area (Å²) in [7, 11) is -2.09. The highest BCUT2D eigenvalue weighted by Gasteiger charge is 2.39. The molecule has 0 radical (unpaired) electrons. The van der Waals surface area contributed by atoms with Gasteiger partial charge in [-0.05, 0) is 52.5 Å². The summed E-state index contributed by atoms with van der Waals surface area (Å²) in [5.74, 6) is 0.00457. The van der Waals surface area contributed by atoms with Crippen molar-refractivity contribution in [1.29, 1.82) is 0 Å². The van der Waals surface area contributed by atoms with Crippen LogP contribution < -0.4 is 0 Å². The minimum absolute atomic E-state index is 0.0349. The molecule has 0 fully saturated rings. The van der Waals surface area contributed by atoms with Crippen LogP contribution in [0.2, 0.25) is 0 Å². The van der Waals surface area contributed by atoms with Crippen LogP contribution in [-0.2, 0) is 13.9 Å². The van der Waals surface area contributed by atoms with Gasteiger partial charge in [0, 0.05) is 12.9 Å². The lowest BCUT2D eigenvalue weighted by Crippen LogP contribution is -2.30. The van der Waals surface area contributed by atoms with E-state index >= 15 is 0 Å². The van der Waals surface area contributed by atoms with Crippen molar-refractivity contribution in [3.8, 4) is 0 Å². The van der Waals surface area contributed by atoms with Crippen LogP contribution >= 0.6 is 7.37 Å². The molecule has 0 spiro atoms. The van der Waals surface area contributed by atoms with Gasteiger partial charge in [-0.3, -0.25) is 9.36 Å². The number of carboxylic acid groups (broad SMARTS) is 1. The molecule has 30 heavy (non-hydrogen) atoms. The van der Waals surface area contributed by atoms with Gasteiger partial charge in [0.1, 0.15) is 5.82 Å². The summed E-state index contributed by atoms with van der Waals surface area (Å²) in [4.78, 5) is 10.8. The number of benzene rings is 1. The second kappa shape index (κ2) is 9.17. The van der Waals surface area contributed by atoms with E-state index in [0.717, 1.165) is 29.6 Å². The van der Waals surface area contributed by atoms with Crippen molar-refractivity contribution in [1.82, 2.24) is 0 Å². The molecule has 5 nitrogen and oxygen atoms in total. The average Bonchev–Trinajstić information content (AvgIpc) is 2.58. The zero-order chi connectivity index (χ0) is 22.7. The molecule has 1 aromatic carbocycles. The van der Waals surface area contributed by atoms with Gasteiger partial charge in [0.25, 0.3) is 0 Å². The average molecular weight is 438 g/mol. The Morgan fingerprint density at radius 2 is 1.87 bits per heavy atom. The normalized spacial score (nSPS) is 21.4. The lowest BCUT2D eigenvalue weighted by molar-refractivity contribution is -0.138. The van der Waals surface area contributed by atoms with Gasteiger partial charge >= 0.3 is 5.97 Å². The quantitative estimate of drug-likeness (QED) is 0.509. The number of hydrogen-bond acceptors (Lipinski definition) is 4. The van der Waals surface area contributed by atoms with Crippen LogP contribution in [0, 0.1) is 16.6 Å². The van der Waals surface area contributed by atoms with Crippen LogP contribution in [0.4, 0.5) is 4.39 Å². The first-order chi connectivity index (χ1) is 13.8. The molecular weight excluding hydrogens is 406 g/mol. The van der Waals surface area contributed by atoms with E-state index in [9.17, 15) is 18.9 Å². The van der Waals surface area contributed by atoms with Gasteiger partial charge in [0.05, 0.1) is 18.7 Å². The molecular formula is C23H32FO5P. The molecule has 0 saturated carbocycles. The zero-order valence-corrected chi connectivity index (χ0v) is 19.2. The van der Waals surface area contributed by atoms with Crippen LogP contribution in [0.1, 0.15) is 52.5 Å². The Labute approximate surface area is 178 Å².